The number of aliphatic imine (C=N–C) groups is 1. The predicted octanol–water partition coefficient (Wildman–Crippen LogP) is 5.91. The second kappa shape index (κ2) is 7.07. The summed E-state index contributed by atoms with van der Waals surface area (Å²) >= 11 is 12.3. The highest BCUT2D eigenvalue weighted by Crippen LogP contribution is 2.39. The summed E-state index contributed by atoms with van der Waals surface area (Å²) in [5, 5.41) is 0.798. The number of anilines is 1. The first kappa shape index (κ1) is 18.0. The molecule has 6 heteroatoms. The number of hydrogen-bond donors (Lipinski definition) is 0. The maximum Gasteiger partial charge on any atom is 0.265 e. The van der Waals surface area contributed by atoms with Gasteiger partial charge in [-0.3, -0.25) is 9.69 Å². The van der Waals surface area contributed by atoms with Crippen molar-refractivity contribution in [1.82, 2.24) is 0 Å². The minimum atomic E-state index is -0.585. The van der Waals surface area contributed by atoms with E-state index in [-0.39, 0.29) is 5.91 Å². The lowest BCUT2D eigenvalue weighted by Gasteiger charge is -2.35. The van der Waals surface area contributed by atoms with Gasteiger partial charge in [-0.2, -0.15) is 0 Å². The van der Waals surface area contributed by atoms with E-state index < -0.39 is 6.17 Å². The van der Waals surface area contributed by atoms with Gasteiger partial charge < -0.3 is 4.74 Å². The highest BCUT2D eigenvalue weighted by Gasteiger charge is 2.38. The predicted molar refractivity (Wildman–Crippen MR) is 116 cm³/mol. The summed E-state index contributed by atoms with van der Waals surface area (Å²) < 4.78 is 5.97. The fraction of sp³-hybridized carbons (Fsp3) is 0.0435. The molecule has 142 valence electrons. The van der Waals surface area contributed by atoms with Gasteiger partial charge in [-0.1, -0.05) is 71.7 Å². The summed E-state index contributed by atoms with van der Waals surface area (Å²) in [6.07, 6.45) is 1.23. The molecule has 5 rings (SSSR count). The molecule has 2 aliphatic heterocycles. The molecule has 0 saturated carbocycles. The van der Waals surface area contributed by atoms with Crippen LogP contribution in [0.25, 0.3) is 6.08 Å². The van der Waals surface area contributed by atoms with Crippen LogP contribution in [0.4, 0.5) is 5.69 Å². The van der Waals surface area contributed by atoms with Gasteiger partial charge in [0.15, 0.2) is 6.17 Å². The molecule has 0 bridgehead atoms. The van der Waals surface area contributed by atoms with Crippen LogP contribution in [-0.4, -0.2) is 11.8 Å². The second-order valence-corrected chi connectivity index (χ2v) is 7.50. The first-order chi connectivity index (χ1) is 14.1. The molecular formula is C23H14Cl2N2O2. The van der Waals surface area contributed by atoms with Crippen LogP contribution in [0.5, 0.6) is 5.75 Å². The quantitative estimate of drug-likeness (QED) is 0.516. The van der Waals surface area contributed by atoms with Crippen LogP contribution in [0.2, 0.25) is 10.0 Å². The van der Waals surface area contributed by atoms with Crippen molar-refractivity contribution in [1.29, 1.82) is 0 Å². The molecule has 4 nitrogen and oxygen atoms in total. The summed E-state index contributed by atoms with van der Waals surface area (Å²) in [5.41, 5.74) is 2.71. The number of amides is 1. The molecule has 0 spiro atoms. The number of halogens is 2. The van der Waals surface area contributed by atoms with E-state index in [2.05, 4.69) is 0 Å². The molecule has 0 N–H and O–H groups in total. The number of carbonyl (C=O) groups excluding carboxylic acids is 1. The number of ether oxygens (including phenoxy) is 1. The Morgan fingerprint density at radius 1 is 0.897 bits per heavy atom. The molecular weight excluding hydrogens is 407 g/mol. The standard InChI is InChI=1S/C23H14Cl2N2O2/c24-18-11-10-16(13-19(18)25)27-21(14-6-2-1-3-7-14)26-22-17(23(27)28)12-15-8-4-5-9-20(15)29-22/h1-13,21H. The Hall–Kier alpha value is -3.08. The van der Waals surface area contributed by atoms with Crippen LogP contribution in [0.15, 0.2) is 83.4 Å². The lowest BCUT2D eigenvalue weighted by Crippen LogP contribution is -2.43. The van der Waals surface area contributed by atoms with Gasteiger partial charge in [-0.25, -0.2) is 4.99 Å². The molecule has 0 saturated heterocycles. The number of rotatable bonds is 2. The molecule has 0 radical (unpaired) electrons. The van der Waals surface area contributed by atoms with E-state index in [4.69, 9.17) is 32.9 Å². The Morgan fingerprint density at radius 3 is 2.45 bits per heavy atom. The highest BCUT2D eigenvalue weighted by atomic mass is 35.5. The van der Waals surface area contributed by atoms with Crippen LogP contribution in [0, 0.1) is 0 Å². The first-order valence-electron chi connectivity index (χ1n) is 9.02. The van der Waals surface area contributed by atoms with Gasteiger partial charge in [-0.15, -0.1) is 0 Å². The van der Waals surface area contributed by atoms with Crippen LogP contribution in [-0.2, 0) is 4.79 Å². The first-order valence-corrected chi connectivity index (χ1v) is 9.78. The van der Waals surface area contributed by atoms with Crippen molar-refractivity contribution < 1.29 is 9.53 Å². The van der Waals surface area contributed by atoms with E-state index in [1.165, 1.54) is 0 Å². The largest absolute Gasteiger partial charge is 0.438 e. The third kappa shape index (κ3) is 3.11. The molecule has 2 aliphatic rings. The van der Waals surface area contributed by atoms with E-state index in [0.29, 0.717) is 33.0 Å². The van der Waals surface area contributed by atoms with Crippen molar-refractivity contribution >= 4 is 46.8 Å². The molecule has 2 heterocycles. The summed E-state index contributed by atoms with van der Waals surface area (Å²) in [6.45, 7) is 0. The van der Waals surface area contributed by atoms with Gasteiger partial charge in [0.2, 0.25) is 5.90 Å². The van der Waals surface area contributed by atoms with Gasteiger partial charge in [0.05, 0.1) is 10.0 Å². The summed E-state index contributed by atoms with van der Waals surface area (Å²) in [6, 6.07) is 22.3. The molecule has 1 unspecified atom stereocenters. The number of benzene rings is 3. The van der Waals surface area contributed by atoms with Crippen LogP contribution >= 0.6 is 23.2 Å². The molecule has 0 aromatic heterocycles. The number of nitrogens with zero attached hydrogens (tertiary/aromatic N) is 2. The third-order valence-corrected chi connectivity index (χ3v) is 5.61. The van der Waals surface area contributed by atoms with Gasteiger partial charge >= 0.3 is 0 Å². The van der Waals surface area contributed by atoms with Crippen molar-refractivity contribution in [2.75, 3.05) is 4.90 Å². The Morgan fingerprint density at radius 2 is 1.66 bits per heavy atom. The second-order valence-electron chi connectivity index (χ2n) is 6.69. The zero-order valence-corrected chi connectivity index (χ0v) is 16.6. The minimum Gasteiger partial charge on any atom is -0.438 e. The number of para-hydroxylation sites is 1. The van der Waals surface area contributed by atoms with Crippen molar-refractivity contribution in [2.24, 2.45) is 4.99 Å². The van der Waals surface area contributed by atoms with Gasteiger partial charge in [0.25, 0.3) is 5.91 Å². The van der Waals surface area contributed by atoms with Crippen LogP contribution in [0.1, 0.15) is 17.3 Å². The maximum absolute atomic E-state index is 13.6. The zero-order valence-electron chi connectivity index (χ0n) is 15.0. The number of carbonyl (C=O) groups is 1. The number of hydrogen-bond acceptors (Lipinski definition) is 3. The van der Waals surface area contributed by atoms with E-state index in [0.717, 1.165) is 11.1 Å². The Labute approximate surface area is 177 Å². The lowest BCUT2D eigenvalue weighted by molar-refractivity contribution is -0.115. The fourth-order valence-electron chi connectivity index (χ4n) is 3.47. The summed E-state index contributed by atoms with van der Waals surface area (Å²) in [5.74, 6) is 0.785. The Kier molecular flexibility index (Phi) is 4.38. The average Bonchev–Trinajstić information content (AvgIpc) is 2.75. The monoisotopic (exact) mass is 420 g/mol. The van der Waals surface area contributed by atoms with E-state index in [9.17, 15) is 4.79 Å². The molecule has 3 aromatic rings. The molecule has 1 amide bonds. The minimum absolute atomic E-state index is 0.211. The van der Waals surface area contributed by atoms with Gasteiger partial charge in [-0.05, 0) is 35.9 Å². The van der Waals surface area contributed by atoms with Crippen molar-refractivity contribution in [3.63, 3.8) is 0 Å². The topological polar surface area (TPSA) is 41.9 Å². The highest BCUT2D eigenvalue weighted by molar-refractivity contribution is 6.42. The molecule has 1 atom stereocenters. The van der Waals surface area contributed by atoms with Gasteiger partial charge in [0.1, 0.15) is 11.3 Å². The molecule has 0 fully saturated rings. The van der Waals surface area contributed by atoms with Crippen molar-refractivity contribution in [2.45, 2.75) is 6.17 Å². The average molecular weight is 421 g/mol. The molecule has 0 aliphatic carbocycles. The van der Waals surface area contributed by atoms with Crippen LogP contribution in [0.3, 0.4) is 0 Å². The Bertz CT molecular complexity index is 1190. The number of fused-ring (bicyclic) bond motifs is 2. The summed E-state index contributed by atoms with van der Waals surface area (Å²) in [7, 11) is 0. The van der Waals surface area contributed by atoms with Crippen molar-refractivity contribution in [3.05, 3.63) is 99.5 Å². The Balaban J connectivity index is 1.69. The normalized spacial score (nSPS) is 17.7. The van der Waals surface area contributed by atoms with Gasteiger partial charge in [0, 0.05) is 11.3 Å². The van der Waals surface area contributed by atoms with Crippen LogP contribution < -0.4 is 9.64 Å². The summed E-state index contributed by atoms with van der Waals surface area (Å²) in [4.78, 5) is 20.0. The SMILES string of the molecule is O=C1C2=Cc3ccccc3OC2=NC(c2ccccc2)N1c1ccc(Cl)c(Cl)c1. The molecule has 3 aromatic carbocycles. The van der Waals surface area contributed by atoms with Crippen molar-refractivity contribution in [3.8, 4) is 5.75 Å². The smallest absolute Gasteiger partial charge is 0.265 e. The molecule has 29 heavy (non-hydrogen) atoms. The maximum atomic E-state index is 13.6. The zero-order chi connectivity index (χ0) is 20.0. The van der Waals surface area contributed by atoms with E-state index >= 15 is 0 Å². The van der Waals surface area contributed by atoms with E-state index in [1.54, 1.807) is 23.1 Å². The van der Waals surface area contributed by atoms with E-state index in [1.807, 2.05) is 60.7 Å². The third-order valence-electron chi connectivity index (χ3n) is 4.87. The fourth-order valence-corrected chi connectivity index (χ4v) is 3.76. The lowest BCUT2D eigenvalue weighted by atomic mass is 10.0.